The zero-order valence-corrected chi connectivity index (χ0v) is 10.5. The molecule has 1 aliphatic rings. The molecular formula is C14H18N2O2. The van der Waals surface area contributed by atoms with Crippen LogP contribution in [-0.4, -0.2) is 24.4 Å². The molecule has 0 aromatic heterocycles. The van der Waals surface area contributed by atoms with Crippen molar-refractivity contribution in [3.05, 3.63) is 35.9 Å². The number of carbonyl (C=O) groups excluding carboxylic acids is 2. The Labute approximate surface area is 107 Å². The van der Waals surface area contributed by atoms with Gasteiger partial charge in [0.25, 0.3) is 0 Å². The van der Waals surface area contributed by atoms with Crippen LogP contribution >= 0.6 is 0 Å². The van der Waals surface area contributed by atoms with Crippen LogP contribution in [0.3, 0.4) is 0 Å². The molecule has 2 rings (SSSR count). The van der Waals surface area contributed by atoms with Gasteiger partial charge in [-0.3, -0.25) is 14.9 Å². The summed E-state index contributed by atoms with van der Waals surface area (Å²) in [5.74, 6) is 0.0554. The molecule has 0 radical (unpaired) electrons. The summed E-state index contributed by atoms with van der Waals surface area (Å²) in [6.45, 7) is 2.90. The first-order chi connectivity index (χ1) is 8.66. The van der Waals surface area contributed by atoms with Crippen molar-refractivity contribution in [1.29, 1.82) is 0 Å². The number of hydrogen-bond donors (Lipinski definition) is 2. The number of hydrogen-bond acceptors (Lipinski definition) is 3. The Kier molecular flexibility index (Phi) is 4.10. The fraction of sp³-hybridized carbons (Fsp3) is 0.429. The second-order valence-electron chi connectivity index (χ2n) is 4.72. The van der Waals surface area contributed by atoms with E-state index in [1.54, 1.807) is 0 Å². The van der Waals surface area contributed by atoms with Gasteiger partial charge in [0, 0.05) is 0 Å². The third-order valence-electron chi connectivity index (χ3n) is 3.31. The third kappa shape index (κ3) is 3.17. The molecule has 1 aliphatic heterocycles. The molecule has 1 saturated heterocycles. The summed E-state index contributed by atoms with van der Waals surface area (Å²) in [7, 11) is 0. The Balaban J connectivity index is 1.76. The van der Waals surface area contributed by atoms with E-state index in [1.807, 2.05) is 18.2 Å². The second kappa shape index (κ2) is 5.78. The van der Waals surface area contributed by atoms with Crippen LogP contribution in [0.5, 0.6) is 0 Å². The van der Waals surface area contributed by atoms with Gasteiger partial charge in [-0.05, 0) is 24.4 Å². The smallest absolute Gasteiger partial charge is 0.244 e. The molecule has 2 atom stereocenters. The lowest BCUT2D eigenvalue weighted by Crippen LogP contribution is -2.37. The summed E-state index contributed by atoms with van der Waals surface area (Å²) in [6.07, 6.45) is 1.21. The fourth-order valence-electron chi connectivity index (χ4n) is 2.14. The van der Waals surface area contributed by atoms with Gasteiger partial charge in [0.05, 0.1) is 12.5 Å². The highest BCUT2D eigenvalue weighted by Gasteiger charge is 2.29. The fourth-order valence-corrected chi connectivity index (χ4v) is 2.14. The van der Waals surface area contributed by atoms with E-state index in [0.29, 0.717) is 5.92 Å². The molecule has 1 heterocycles. The van der Waals surface area contributed by atoms with Crippen LogP contribution in [-0.2, 0) is 9.59 Å². The summed E-state index contributed by atoms with van der Waals surface area (Å²) in [5.41, 5.74) is 1.30. The number of rotatable bonds is 5. The standard InChI is InChI=1S/C14H18N2O2/c1-10(11-5-3-2-4-6-11)7-8-15-12-9-13(17)16-14(12)18/h2-6,10,12,15H,7-9H2,1H3,(H,16,17,18). The van der Waals surface area contributed by atoms with Gasteiger partial charge in [0.15, 0.2) is 0 Å². The molecule has 0 saturated carbocycles. The minimum atomic E-state index is -0.347. The molecule has 2 unspecified atom stereocenters. The normalized spacial score (nSPS) is 20.8. The Hall–Kier alpha value is -1.68. The van der Waals surface area contributed by atoms with E-state index in [1.165, 1.54) is 5.56 Å². The van der Waals surface area contributed by atoms with E-state index in [4.69, 9.17) is 0 Å². The van der Waals surface area contributed by atoms with Gasteiger partial charge < -0.3 is 5.32 Å². The Morgan fingerprint density at radius 1 is 1.33 bits per heavy atom. The maximum absolute atomic E-state index is 11.3. The van der Waals surface area contributed by atoms with Gasteiger partial charge in [-0.1, -0.05) is 37.3 Å². The number of amides is 2. The average Bonchev–Trinajstić information content (AvgIpc) is 2.69. The van der Waals surface area contributed by atoms with Crippen molar-refractivity contribution >= 4 is 11.8 Å². The molecular weight excluding hydrogens is 228 g/mol. The number of imide groups is 1. The van der Waals surface area contributed by atoms with Gasteiger partial charge in [-0.15, -0.1) is 0 Å². The average molecular weight is 246 g/mol. The van der Waals surface area contributed by atoms with Gasteiger partial charge in [-0.25, -0.2) is 0 Å². The molecule has 0 spiro atoms. The predicted octanol–water partition coefficient (Wildman–Crippen LogP) is 1.18. The van der Waals surface area contributed by atoms with E-state index < -0.39 is 0 Å². The van der Waals surface area contributed by atoms with Crippen molar-refractivity contribution in [1.82, 2.24) is 10.6 Å². The molecule has 1 aromatic rings. The highest BCUT2D eigenvalue weighted by atomic mass is 16.2. The van der Waals surface area contributed by atoms with Gasteiger partial charge in [0.2, 0.25) is 11.8 Å². The van der Waals surface area contributed by atoms with Gasteiger partial charge in [-0.2, -0.15) is 0 Å². The SMILES string of the molecule is CC(CCNC1CC(=O)NC1=O)c1ccccc1. The molecule has 0 bridgehead atoms. The lowest BCUT2D eigenvalue weighted by molar-refractivity contribution is -0.125. The maximum atomic E-state index is 11.3. The summed E-state index contributed by atoms with van der Waals surface area (Å²) < 4.78 is 0. The highest BCUT2D eigenvalue weighted by Crippen LogP contribution is 2.17. The zero-order chi connectivity index (χ0) is 13.0. The summed E-state index contributed by atoms with van der Waals surface area (Å²) in [4.78, 5) is 22.3. The van der Waals surface area contributed by atoms with Gasteiger partial charge >= 0.3 is 0 Å². The largest absolute Gasteiger partial charge is 0.305 e. The van der Waals surface area contributed by atoms with Crippen LogP contribution in [0.25, 0.3) is 0 Å². The van der Waals surface area contributed by atoms with E-state index in [-0.39, 0.29) is 24.3 Å². The molecule has 0 aliphatic carbocycles. The van der Waals surface area contributed by atoms with Crippen molar-refractivity contribution in [3.63, 3.8) is 0 Å². The first-order valence-corrected chi connectivity index (χ1v) is 6.29. The minimum Gasteiger partial charge on any atom is -0.305 e. The number of carbonyl (C=O) groups is 2. The molecule has 2 amide bonds. The lowest BCUT2D eigenvalue weighted by atomic mass is 9.98. The molecule has 4 heteroatoms. The molecule has 1 aromatic carbocycles. The first-order valence-electron chi connectivity index (χ1n) is 6.29. The monoisotopic (exact) mass is 246 g/mol. The molecule has 18 heavy (non-hydrogen) atoms. The Morgan fingerprint density at radius 3 is 2.67 bits per heavy atom. The Morgan fingerprint density at radius 2 is 2.06 bits per heavy atom. The minimum absolute atomic E-state index is 0.186. The number of benzene rings is 1. The maximum Gasteiger partial charge on any atom is 0.244 e. The van der Waals surface area contributed by atoms with Crippen LogP contribution < -0.4 is 10.6 Å². The topological polar surface area (TPSA) is 58.2 Å². The van der Waals surface area contributed by atoms with Crippen LogP contribution in [0.1, 0.15) is 31.2 Å². The molecule has 96 valence electrons. The van der Waals surface area contributed by atoms with Crippen LogP contribution in [0.15, 0.2) is 30.3 Å². The number of nitrogens with one attached hydrogen (secondary N) is 2. The van der Waals surface area contributed by atoms with Crippen LogP contribution in [0.2, 0.25) is 0 Å². The van der Waals surface area contributed by atoms with Crippen molar-refractivity contribution in [2.24, 2.45) is 0 Å². The summed E-state index contributed by atoms with van der Waals surface area (Å²) >= 11 is 0. The van der Waals surface area contributed by atoms with Crippen molar-refractivity contribution in [2.75, 3.05) is 6.54 Å². The van der Waals surface area contributed by atoms with Crippen molar-refractivity contribution < 1.29 is 9.59 Å². The van der Waals surface area contributed by atoms with Crippen molar-refractivity contribution in [2.45, 2.75) is 31.7 Å². The van der Waals surface area contributed by atoms with Crippen molar-refractivity contribution in [3.8, 4) is 0 Å². The van der Waals surface area contributed by atoms with E-state index in [0.717, 1.165) is 13.0 Å². The third-order valence-corrected chi connectivity index (χ3v) is 3.31. The van der Waals surface area contributed by atoms with Crippen LogP contribution in [0, 0.1) is 0 Å². The first kappa shape index (κ1) is 12.8. The van der Waals surface area contributed by atoms with E-state index in [9.17, 15) is 9.59 Å². The molecule has 4 nitrogen and oxygen atoms in total. The quantitative estimate of drug-likeness (QED) is 0.767. The van der Waals surface area contributed by atoms with E-state index in [2.05, 4.69) is 29.7 Å². The second-order valence-corrected chi connectivity index (χ2v) is 4.72. The molecule has 2 N–H and O–H groups in total. The van der Waals surface area contributed by atoms with Gasteiger partial charge in [0.1, 0.15) is 0 Å². The lowest BCUT2D eigenvalue weighted by Gasteiger charge is -2.14. The predicted molar refractivity (Wildman–Crippen MR) is 69.0 cm³/mol. The van der Waals surface area contributed by atoms with Crippen LogP contribution in [0.4, 0.5) is 0 Å². The zero-order valence-electron chi connectivity index (χ0n) is 10.5. The Bertz CT molecular complexity index is 431. The summed E-state index contributed by atoms with van der Waals surface area (Å²) in [5, 5.41) is 5.43. The molecule has 1 fully saturated rings. The highest BCUT2D eigenvalue weighted by molar-refractivity contribution is 6.05. The van der Waals surface area contributed by atoms with E-state index >= 15 is 0 Å². The summed E-state index contributed by atoms with van der Waals surface area (Å²) in [6, 6.07) is 9.93.